The Balaban J connectivity index is 3.58. The summed E-state index contributed by atoms with van der Waals surface area (Å²) in [6.07, 6.45) is 1.31. The van der Waals surface area contributed by atoms with E-state index < -0.39 is 0 Å². The molecule has 0 radical (unpaired) electrons. The van der Waals surface area contributed by atoms with Gasteiger partial charge < -0.3 is 16.2 Å². The van der Waals surface area contributed by atoms with E-state index in [1.165, 1.54) is 0 Å². The minimum Gasteiger partial charge on any atom is -0.346 e. The van der Waals surface area contributed by atoms with Gasteiger partial charge in [-0.2, -0.15) is 0 Å². The summed E-state index contributed by atoms with van der Waals surface area (Å²) in [6, 6.07) is 0. The first-order valence-electron chi connectivity index (χ1n) is 5.08. The van der Waals surface area contributed by atoms with E-state index in [1.54, 1.807) is 0 Å². The monoisotopic (exact) mass is 188 g/mol. The highest BCUT2D eigenvalue weighted by Gasteiger charge is 2.11. The van der Waals surface area contributed by atoms with Crippen LogP contribution in [0.15, 0.2) is 0 Å². The largest absolute Gasteiger partial charge is 0.346 e. The molecule has 0 fully saturated rings. The van der Waals surface area contributed by atoms with Crippen LogP contribution < -0.4 is 11.5 Å². The van der Waals surface area contributed by atoms with Gasteiger partial charge in [-0.15, -0.1) is 0 Å². The lowest BCUT2D eigenvalue weighted by Crippen LogP contribution is -2.36. The summed E-state index contributed by atoms with van der Waals surface area (Å²) in [5.74, 6) is 1.11. The van der Waals surface area contributed by atoms with Crippen LogP contribution in [0.4, 0.5) is 0 Å². The Kier molecular flexibility index (Phi) is 6.29. The van der Waals surface area contributed by atoms with Crippen molar-refractivity contribution in [3.8, 4) is 0 Å². The van der Waals surface area contributed by atoms with E-state index >= 15 is 0 Å². The first kappa shape index (κ1) is 12.9. The molecular formula is C10H24N2O. The highest BCUT2D eigenvalue weighted by atomic mass is 16.5. The molecule has 2 unspecified atom stereocenters. The van der Waals surface area contributed by atoms with Crippen molar-refractivity contribution in [1.29, 1.82) is 0 Å². The topological polar surface area (TPSA) is 61.3 Å². The van der Waals surface area contributed by atoms with Gasteiger partial charge in [0.25, 0.3) is 0 Å². The van der Waals surface area contributed by atoms with Crippen molar-refractivity contribution in [2.75, 3.05) is 0 Å². The van der Waals surface area contributed by atoms with Crippen molar-refractivity contribution in [3.63, 3.8) is 0 Å². The average Bonchev–Trinajstić information content (AvgIpc) is 1.80. The maximum absolute atomic E-state index is 5.75. The van der Waals surface area contributed by atoms with Gasteiger partial charge in [-0.3, -0.25) is 0 Å². The summed E-state index contributed by atoms with van der Waals surface area (Å²) in [5.41, 5.74) is 11.5. The molecule has 4 N–H and O–H groups in total. The zero-order valence-electron chi connectivity index (χ0n) is 9.29. The Morgan fingerprint density at radius 1 is 0.846 bits per heavy atom. The van der Waals surface area contributed by atoms with E-state index in [4.69, 9.17) is 16.2 Å². The van der Waals surface area contributed by atoms with Crippen molar-refractivity contribution < 1.29 is 4.74 Å². The molecular weight excluding hydrogens is 164 g/mol. The van der Waals surface area contributed by atoms with Crippen molar-refractivity contribution in [1.82, 2.24) is 0 Å². The van der Waals surface area contributed by atoms with Crippen LogP contribution in [0.5, 0.6) is 0 Å². The number of ether oxygens (including phenoxy) is 1. The van der Waals surface area contributed by atoms with Gasteiger partial charge in [0.2, 0.25) is 0 Å². The molecule has 3 heteroatoms. The van der Waals surface area contributed by atoms with E-state index in [1.807, 2.05) is 0 Å². The fraction of sp³-hybridized carbons (Fsp3) is 1.00. The summed E-state index contributed by atoms with van der Waals surface area (Å²) >= 11 is 0. The molecule has 80 valence electrons. The van der Waals surface area contributed by atoms with Crippen molar-refractivity contribution in [2.24, 2.45) is 23.3 Å². The fourth-order valence-electron chi connectivity index (χ4n) is 1.26. The van der Waals surface area contributed by atoms with E-state index in [0.717, 1.165) is 12.8 Å². The van der Waals surface area contributed by atoms with Crippen molar-refractivity contribution >= 4 is 0 Å². The van der Waals surface area contributed by atoms with Crippen LogP contribution in [0.25, 0.3) is 0 Å². The first-order valence-corrected chi connectivity index (χ1v) is 5.08. The zero-order chi connectivity index (χ0) is 10.4. The third-order valence-electron chi connectivity index (χ3n) is 1.76. The standard InChI is InChI=1S/C10H24N2O/c1-7(2)5-9(11)13-10(12)6-8(3)4/h7-10H,5-6,11-12H2,1-4H3. The van der Waals surface area contributed by atoms with Crippen LogP contribution in [0.2, 0.25) is 0 Å². The van der Waals surface area contributed by atoms with Gasteiger partial charge in [0.1, 0.15) is 12.5 Å². The molecule has 13 heavy (non-hydrogen) atoms. The fourth-order valence-corrected chi connectivity index (χ4v) is 1.26. The van der Waals surface area contributed by atoms with Gasteiger partial charge in [-0.05, 0) is 24.7 Å². The third kappa shape index (κ3) is 8.22. The van der Waals surface area contributed by atoms with Gasteiger partial charge in [-0.1, -0.05) is 27.7 Å². The Morgan fingerprint density at radius 3 is 1.38 bits per heavy atom. The molecule has 0 heterocycles. The van der Waals surface area contributed by atoms with Crippen molar-refractivity contribution in [2.45, 2.75) is 53.0 Å². The number of hydrogen-bond acceptors (Lipinski definition) is 3. The molecule has 0 aromatic rings. The summed E-state index contributed by atoms with van der Waals surface area (Å²) < 4.78 is 5.43. The summed E-state index contributed by atoms with van der Waals surface area (Å²) in [7, 11) is 0. The molecule has 0 saturated heterocycles. The molecule has 0 saturated carbocycles. The van der Waals surface area contributed by atoms with Crippen molar-refractivity contribution in [3.05, 3.63) is 0 Å². The zero-order valence-corrected chi connectivity index (χ0v) is 9.29. The second kappa shape index (κ2) is 6.35. The molecule has 0 bridgehead atoms. The van der Waals surface area contributed by atoms with Crippen LogP contribution in [0.1, 0.15) is 40.5 Å². The van der Waals surface area contributed by atoms with Crippen LogP contribution >= 0.6 is 0 Å². The molecule has 3 nitrogen and oxygen atoms in total. The van der Waals surface area contributed by atoms with Gasteiger partial charge in [0.05, 0.1) is 0 Å². The molecule has 0 aliphatic rings. The predicted molar refractivity (Wildman–Crippen MR) is 55.9 cm³/mol. The lowest BCUT2D eigenvalue weighted by molar-refractivity contribution is -0.0243. The van der Waals surface area contributed by atoms with Crippen LogP contribution in [0, 0.1) is 11.8 Å². The van der Waals surface area contributed by atoms with Crippen LogP contribution in [-0.4, -0.2) is 12.5 Å². The summed E-state index contributed by atoms with van der Waals surface area (Å²) in [5, 5.41) is 0. The van der Waals surface area contributed by atoms with E-state index in [0.29, 0.717) is 11.8 Å². The molecule has 2 atom stereocenters. The SMILES string of the molecule is CC(C)CC(N)OC(N)CC(C)C. The second-order valence-electron chi connectivity index (χ2n) is 4.47. The highest BCUT2D eigenvalue weighted by Crippen LogP contribution is 2.09. The molecule has 0 aliphatic carbocycles. The number of rotatable bonds is 6. The molecule has 0 rings (SSSR count). The number of hydrogen-bond donors (Lipinski definition) is 2. The maximum atomic E-state index is 5.75. The Bertz CT molecular complexity index is 112. The molecule has 0 aromatic heterocycles. The normalized spacial score (nSPS) is 16.6. The Morgan fingerprint density at radius 2 is 1.15 bits per heavy atom. The minimum absolute atomic E-state index is 0.214. The molecule has 0 aliphatic heterocycles. The molecule has 0 spiro atoms. The molecule has 0 amide bonds. The van der Waals surface area contributed by atoms with Crippen LogP contribution in [-0.2, 0) is 4.74 Å². The predicted octanol–water partition coefficient (Wildman–Crippen LogP) is 1.66. The van der Waals surface area contributed by atoms with E-state index in [2.05, 4.69) is 27.7 Å². The quantitative estimate of drug-likeness (QED) is 0.623. The van der Waals surface area contributed by atoms with Gasteiger partial charge in [-0.25, -0.2) is 0 Å². The Hall–Kier alpha value is -0.120. The highest BCUT2D eigenvalue weighted by molar-refractivity contribution is 4.58. The summed E-state index contributed by atoms with van der Waals surface area (Å²) in [4.78, 5) is 0. The van der Waals surface area contributed by atoms with E-state index in [9.17, 15) is 0 Å². The van der Waals surface area contributed by atoms with Gasteiger partial charge in [0, 0.05) is 0 Å². The van der Waals surface area contributed by atoms with Gasteiger partial charge >= 0.3 is 0 Å². The van der Waals surface area contributed by atoms with Gasteiger partial charge in [0.15, 0.2) is 0 Å². The molecule has 0 aromatic carbocycles. The lowest BCUT2D eigenvalue weighted by Gasteiger charge is -2.21. The summed E-state index contributed by atoms with van der Waals surface area (Å²) in [6.45, 7) is 8.49. The second-order valence-corrected chi connectivity index (χ2v) is 4.47. The number of nitrogens with two attached hydrogens (primary N) is 2. The Labute approximate surface area is 81.8 Å². The first-order chi connectivity index (χ1) is 5.91. The van der Waals surface area contributed by atoms with Crippen LogP contribution in [0.3, 0.4) is 0 Å². The smallest absolute Gasteiger partial charge is 0.107 e. The average molecular weight is 188 g/mol. The lowest BCUT2D eigenvalue weighted by atomic mass is 10.1. The maximum Gasteiger partial charge on any atom is 0.107 e. The minimum atomic E-state index is -0.214. The van der Waals surface area contributed by atoms with E-state index in [-0.39, 0.29) is 12.5 Å². The third-order valence-corrected chi connectivity index (χ3v) is 1.76.